The van der Waals surface area contributed by atoms with Gasteiger partial charge in [0, 0.05) is 43.1 Å². The van der Waals surface area contributed by atoms with Gasteiger partial charge in [0.2, 0.25) is 0 Å². The van der Waals surface area contributed by atoms with E-state index in [9.17, 15) is 35.5 Å². The molecule has 2 heterocycles. The molecular formula is C20H18F7IN4O. The van der Waals surface area contributed by atoms with Gasteiger partial charge in [-0.1, -0.05) is 12.1 Å². The maximum absolute atomic E-state index is 14.1. The number of pyridine rings is 1. The number of piperazine rings is 1. The first-order chi connectivity index (χ1) is 15.3. The quantitative estimate of drug-likeness (QED) is 0.368. The lowest BCUT2D eigenvalue weighted by Crippen LogP contribution is -2.55. The van der Waals surface area contributed by atoms with E-state index in [0.717, 1.165) is 21.5 Å². The van der Waals surface area contributed by atoms with Crippen LogP contribution in [0.3, 0.4) is 0 Å². The third-order valence-corrected chi connectivity index (χ3v) is 6.08. The summed E-state index contributed by atoms with van der Waals surface area (Å²) in [7, 11) is 0. The zero-order valence-corrected chi connectivity index (χ0v) is 19.2. The summed E-state index contributed by atoms with van der Waals surface area (Å²) in [6, 6.07) is 5.20. The first kappa shape index (κ1) is 25.3. The van der Waals surface area contributed by atoms with Crippen LogP contribution in [-0.4, -0.2) is 53.9 Å². The first-order valence-corrected chi connectivity index (χ1v) is 10.7. The van der Waals surface area contributed by atoms with Crippen molar-refractivity contribution in [3.05, 3.63) is 51.7 Å². The number of urea groups is 1. The highest BCUT2D eigenvalue weighted by molar-refractivity contribution is 14.1. The van der Waals surface area contributed by atoms with Gasteiger partial charge in [-0.25, -0.2) is 14.2 Å². The number of carbonyl (C=O) groups excluding carboxylic acids is 1. The van der Waals surface area contributed by atoms with Crippen LogP contribution < -0.4 is 10.2 Å². The summed E-state index contributed by atoms with van der Waals surface area (Å²) in [6.07, 6.45) is -10.7. The molecule has 1 atom stereocenters. The second-order valence-electron chi connectivity index (χ2n) is 7.46. The third-order valence-electron chi connectivity index (χ3n) is 5.24. The molecule has 1 fully saturated rings. The van der Waals surface area contributed by atoms with Crippen LogP contribution in [0, 0.1) is 3.57 Å². The molecule has 5 nitrogen and oxygen atoms in total. The number of aromatic nitrogens is 1. The molecular weight excluding hydrogens is 572 g/mol. The number of hydrogen-bond donors (Lipinski definition) is 1. The predicted molar refractivity (Wildman–Crippen MR) is 116 cm³/mol. The average molecular weight is 590 g/mol. The maximum Gasteiger partial charge on any atom is 0.435 e. The van der Waals surface area contributed by atoms with Gasteiger partial charge in [-0.05, 0) is 53.8 Å². The fraction of sp³-hybridized carbons (Fsp3) is 0.400. The fourth-order valence-corrected chi connectivity index (χ4v) is 4.22. The number of halogens is 8. The van der Waals surface area contributed by atoms with Gasteiger partial charge in [0.05, 0.1) is 3.57 Å². The molecule has 1 saturated heterocycles. The molecule has 0 radical (unpaired) electrons. The summed E-state index contributed by atoms with van der Waals surface area (Å²) < 4.78 is 92.4. The van der Waals surface area contributed by atoms with Crippen molar-refractivity contribution in [2.24, 2.45) is 0 Å². The minimum Gasteiger partial charge on any atom is -0.352 e. The average Bonchev–Trinajstić information content (AvgIpc) is 2.72. The molecule has 1 aliphatic rings. The Labute approximate surface area is 198 Å². The molecule has 1 aliphatic heterocycles. The molecule has 3 rings (SSSR count). The van der Waals surface area contributed by atoms with Crippen LogP contribution in [0.25, 0.3) is 0 Å². The Kier molecular flexibility index (Phi) is 7.01. The van der Waals surface area contributed by atoms with Gasteiger partial charge in [0.15, 0.2) is 0 Å². The molecule has 2 amide bonds. The maximum atomic E-state index is 14.1. The van der Waals surface area contributed by atoms with Gasteiger partial charge < -0.3 is 15.1 Å². The minimum absolute atomic E-state index is 0.0654. The summed E-state index contributed by atoms with van der Waals surface area (Å²) in [5.41, 5.74) is -7.20. The fourth-order valence-electron chi connectivity index (χ4n) is 3.53. The zero-order chi connectivity index (χ0) is 24.6. The van der Waals surface area contributed by atoms with E-state index in [4.69, 9.17) is 0 Å². The van der Waals surface area contributed by atoms with Crippen molar-refractivity contribution in [3.8, 4) is 0 Å². The monoisotopic (exact) mass is 590 g/mol. The van der Waals surface area contributed by atoms with Crippen LogP contribution in [0.2, 0.25) is 0 Å². The molecule has 2 aromatic rings. The number of carbonyl (C=O) groups is 1. The Morgan fingerprint density at radius 3 is 2.15 bits per heavy atom. The summed E-state index contributed by atoms with van der Waals surface area (Å²) in [4.78, 5) is 20.5. The van der Waals surface area contributed by atoms with E-state index >= 15 is 0 Å². The molecule has 180 valence electrons. The van der Waals surface area contributed by atoms with E-state index in [2.05, 4.69) is 32.9 Å². The van der Waals surface area contributed by atoms with Crippen molar-refractivity contribution < 1.29 is 35.5 Å². The van der Waals surface area contributed by atoms with E-state index in [-0.39, 0.29) is 11.7 Å². The summed E-state index contributed by atoms with van der Waals surface area (Å²) >= 11 is 2.16. The highest BCUT2D eigenvalue weighted by atomic mass is 127. The Morgan fingerprint density at radius 1 is 1.03 bits per heavy atom. The van der Waals surface area contributed by atoms with Gasteiger partial charge in [0.1, 0.15) is 5.82 Å². The van der Waals surface area contributed by atoms with Gasteiger partial charge in [-0.3, -0.25) is 0 Å². The van der Waals surface area contributed by atoms with Crippen LogP contribution in [0.15, 0.2) is 42.6 Å². The van der Waals surface area contributed by atoms with Crippen molar-refractivity contribution >= 4 is 40.1 Å². The Hall–Kier alpha value is -2.32. The molecule has 1 aromatic carbocycles. The number of amides is 2. The lowest BCUT2D eigenvalue weighted by atomic mass is 9.94. The number of rotatable bonds is 3. The molecule has 13 heteroatoms. The number of alkyl halides is 7. The number of hydrogen-bond acceptors (Lipinski definition) is 3. The molecule has 33 heavy (non-hydrogen) atoms. The Bertz CT molecular complexity index is 983. The van der Waals surface area contributed by atoms with Crippen LogP contribution in [0.4, 0.5) is 47.0 Å². The molecule has 0 spiro atoms. The van der Waals surface area contributed by atoms with Crippen molar-refractivity contribution in [3.63, 3.8) is 0 Å². The van der Waals surface area contributed by atoms with Crippen LogP contribution in [-0.2, 0) is 5.67 Å². The van der Waals surface area contributed by atoms with Crippen LogP contribution in [0.5, 0.6) is 0 Å². The van der Waals surface area contributed by atoms with Crippen LogP contribution >= 0.6 is 22.6 Å². The van der Waals surface area contributed by atoms with Crippen molar-refractivity contribution in [2.75, 3.05) is 29.9 Å². The normalized spacial score (nSPS) is 17.8. The number of nitrogens with one attached hydrogen (secondary N) is 1. The van der Waals surface area contributed by atoms with E-state index in [1.165, 1.54) is 4.90 Å². The lowest BCUT2D eigenvalue weighted by Gasteiger charge is -2.40. The number of benzene rings is 1. The van der Waals surface area contributed by atoms with Gasteiger partial charge in [-0.2, -0.15) is 26.3 Å². The predicted octanol–water partition coefficient (Wildman–Crippen LogP) is 5.72. The topological polar surface area (TPSA) is 48.5 Å². The summed E-state index contributed by atoms with van der Waals surface area (Å²) in [6.45, 7) is 3.06. The van der Waals surface area contributed by atoms with Crippen molar-refractivity contribution in [1.29, 1.82) is 0 Å². The molecule has 1 N–H and O–H groups in total. The van der Waals surface area contributed by atoms with E-state index < -0.39 is 29.6 Å². The number of anilines is 2. The summed E-state index contributed by atoms with van der Waals surface area (Å²) in [5.74, 6) is 0.782. The third kappa shape index (κ3) is 4.96. The van der Waals surface area contributed by atoms with E-state index in [1.807, 2.05) is 11.0 Å². The second-order valence-corrected chi connectivity index (χ2v) is 8.62. The smallest absolute Gasteiger partial charge is 0.352 e. The lowest BCUT2D eigenvalue weighted by molar-refractivity contribution is -0.348. The van der Waals surface area contributed by atoms with Crippen molar-refractivity contribution in [2.45, 2.75) is 31.0 Å². The van der Waals surface area contributed by atoms with E-state index in [1.54, 1.807) is 19.2 Å². The van der Waals surface area contributed by atoms with E-state index in [0.29, 0.717) is 31.8 Å². The van der Waals surface area contributed by atoms with Crippen molar-refractivity contribution in [1.82, 2.24) is 9.88 Å². The largest absolute Gasteiger partial charge is 0.435 e. The molecule has 0 unspecified atom stereocenters. The second kappa shape index (κ2) is 9.14. The molecule has 0 bridgehead atoms. The van der Waals surface area contributed by atoms with Gasteiger partial charge in [0.25, 0.3) is 0 Å². The number of nitrogens with zero attached hydrogens (tertiary/aromatic N) is 3. The molecule has 0 aliphatic carbocycles. The molecule has 1 aromatic heterocycles. The highest BCUT2D eigenvalue weighted by Gasteiger charge is 2.73. The highest BCUT2D eigenvalue weighted by Crippen LogP contribution is 2.53. The Balaban J connectivity index is 1.70. The SMILES string of the molecule is C[C@@H]1CN(c2ncccc2I)CCN1C(=O)Nc1ccc(C(F)(C(F)(F)F)C(F)(F)F)cc1. The van der Waals surface area contributed by atoms with Crippen LogP contribution in [0.1, 0.15) is 12.5 Å². The molecule has 0 saturated carbocycles. The standard InChI is InChI=1S/C20H18F7IN4O/c1-12-11-31(16-15(28)3-2-8-29-16)9-10-32(12)17(33)30-14-6-4-13(5-7-14)18(21,19(22,23)24)20(25,26)27/h2-8,12H,9-11H2,1H3,(H,30,33)/t12-/m1/s1. The van der Waals surface area contributed by atoms with Gasteiger partial charge >= 0.3 is 24.1 Å². The zero-order valence-electron chi connectivity index (χ0n) is 17.0. The first-order valence-electron chi connectivity index (χ1n) is 9.61. The minimum atomic E-state index is -6.20. The van der Waals surface area contributed by atoms with Gasteiger partial charge in [-0.15, -0.1) is 0 Å². The Morgan fingerprint density at radius 2 is 1.64 bits per heavy atom. The summed E-state index contributed by atoms with van der Waals surface area (Å²) in [5, 5.41) is 2.43.